The summed E-state index contributed by atoms with van der Waals surface area (Å²) in [4.78, 5) is 4.31. The van der Waals surface area contributed by atoms with Crippen molar-refractivity contribution >= 4 is 0 Å². The van der Waals surface area contributed by atoms with Crippen LogP contribution < -0.4 is 0 Å². The number of nitrogens with zero attached hydrogens (tertiary/aromatic N) is 1. The molecule has 0 radical (unpaired) electrons. The molecule has 0 atom stereocenters. The minimum atomic E-state index is -0.154. The molecule has 1 saturated carbocycles. The number of rotatable bonds is 1. The van der Waals surface area contributed by atoms with Gasteiger partial charge in [-0.15, -0.1) is 6.42 Å². The summed E-state index contributed by atoms with van der Waals surface area (Å²) in [5, 5.41) is 0. The van der Waals surface area contributed by atoms with Crippen LogP contribution in [0.3, 0.4) is 0 Å². The summed E-state index contributed by atoms with van der Waals surface area (Å²) in [5.41, 5.74) is 0.797. The van der Waals surface area contributed by atoms with E-state index in [9.17, 15) is 0 Å². The van der Waals surface area contributed by atoms with Crippen LogP contribution in [0.25, 0.3) is 0 Å². The van der Waals surface area contributed by atoms with Crippen LogP contribution in [-0.2, 0) is 5.41 Å². The summed E-state index contributed by atoms with van der Waals surface area (Å²) in [5.74, 6) is 4.37. The summed E-state index contributed by atoms with van der Waals surface area (Å²) < 4.78 is 5.48. The van der Waals surface area contributed by atoms with Gasteiger partial charge in [0.2, 0.25) is 5.89 Å². The van der Waals surface area contributed by atoms with Crippen molar-refractivity contribution in [1.82, 2.24) is 4.98 Å². The van der Waals surface area contributed by atoms with Crippen molar-refractivity contribution in [2.24, 2.45) is 0 Å². The summed E-state index contributed by atoms with van der Waals surface area (Å²) >= 11 is 0. The zero-order chi connectivity index (χ0) is 8.77. The molecule has 0 spiro atoms. The predicted molar refractivity (Wildman–Crippen MR) is 45.7 cm³/mol. The molecule has 0 bridgehead atoms. The first-order valence-corrected chi connectivity index (χ1v) is 4.10. The van der Waals surface area contributed by atoms with Gasteiger partial charge >= 0.3 is 0 Å². The lowest BCUT2D eigenvalue weighted by Crippen LogP contribution is -2.02. The Balaban J connectivity index is 2.43. The summed E-state index contributed by atoms with van der Waals surface area (Å²) in [6, 6.07) is 0. The van der Waals surface area contributed by atoms with Crippen molar-refractivity contribution < 1.29 is 4.42 Å². The number of terminal acetylenes is 1. The van der Waals surface area contributed by atoms with E-state index in [2.05, 4.69) is 10.9 Å². The van der Waals surface area contributed by atoms with Gasteiger partial charge in [0.05, 0.1) is 5.69 Å². The van der Waals surface area contributed by atoms with Gasteiger partial charge < -0.3 is 4.42 Å². The fraction of sp³-hybridized carbons (Fsp3) is 0.500. The fourth-order valence-electron chi connectivity index (χ4n) is 1.22. The van der Waals surface area contributed by atoms with Crippen LogP contribution in [0.1, 0.15) is 30.2 Å². The molecule has 2 nitrogen and oxygen atoms in total. The van der Waals surface area contributed by atoms with Crippen LogP contribution in [0.2, 0.25) is 0 Å². The Bertz CT molecular complexity index is 333. The molecule has 12 heavy (non-hydrogen) atoms. The number of oxazole rings is 1. The van der Waals surface area contributed by atoms with E-state index in [0.29, 0.717) is 0 Å². The minimum Gasteiger partial charge on any atom is -0.444 e. The minimum absolute atomic E-state index is 0.154. The van der Waals surface area contributed by atoms with Crippen molar-refractivity contribution in [2.75, 3.05) is 0 Å². The molecule has 1 aromatic heterocycles. The maximum Gasteiger partial charge on any atom is 0.212 e. The first-order valence-electron chi connectivity index (χ1n) is 4.10. The second-order valence-electron chi connectivity index (χ2n) is 3.39. The van der Waals surface area contributed by atoms with Crippen LogP contribution in [-0.4, -0.2) is 4.98 Å². The van der Waals surface area contributed by atoms with Crippen LogP contribution in [0.4, 0.5) is 0 Å². The van der Waals surface area contributed by atoms with Gasteiger partial charge in [-0.2, -0.15) is 0 Å². The molecular weight excluding hydrogens is 150 g/mol. The van der Waals surface area contributed by atoms with Gasteiger partial charge in [-0.05, 0) is 26.7 Å². The third kappa shape index (κ3) is 0.863. The summed E-state index contributed by atoms with van der Waals surface area (Å²) in [6.07, 6.45) is 7.44. The van der Waals surface area contributed by atoms with Crippen LogP contribution in [0.15, 0.2) is 4.42 Å². The highest BCUT2D eigenvalue weighted by Crippen LogP contribution is 2.47. The van der Waals surface area contributed by atoms with E-state index in [0.717, 1.165) is 30.2 Å². The molecular formula is C10H11NO. The van der Waals surface area contributed by atoms with Crippen molar-refractivity contribution in [2.45, 2.75) is 32.1 Å². The number of aromatic nitrogens is 1. The monoisotopic (exact) mass is 161 g/mol. The molecule has 1 aliphatic carbocycles. The third-order valence-electron chi connectivity index (χ3n) is 2.46. The number of hydrogen-bond donors (Lipinski definition) is 0. The average Bonchev–Trinajstić information content (AvgIpc) is 2.77. The Morgan fingerprint density at radius 3 is 2.50 bits per heavy atom. The molecule has 0 aromatic carbocycles. The molecule has 0 aliphatic heterocycles. The van der Waals surface area contributed by atoms with E-state index in [1.807, 2.05) is 13.8 Å². The Morgan fingerprint density at radius 1 is 1.50 bits per heavy atom. The van der Waals surface area contributed by atoms with Gasteiger partial charge in [-0.1, -0.05) is 5.92 Å². The largest absolute Gasteiger partial charge is 0.444 e. The van der Waals surface area contributed by atoms with E-state index < -0.39 is 0 Å². The van der Waals surface area contributed by atoms with Gasteiger partial charge in [0.25, 0.3) is 0 Å². The molecule has 1 heterocycles. The van der Waals surface area contributed by atoms with Gasteiger partial charge in [0.1, 0.15) is 11.2 Å². The van der Waals surface area contributed by atoms with Gasteiger partial charge in [0.15, 0.2) is 0 Å². The standard InChI is InChI=1S/C10H11NO/c1-4-10(5-6-10)9-11-7(2)8(3)12-9/h1H,5-6H2,2-3H3. The summed E-state index contributed by atoms with van der Waals surface area (Å²) in [7, 11) is 0. The summed E-state index contributed by atoms with van der Waals surface area (Å²) in [6.45, 7) is 3.85. The first-order chi connectivity index (χ1) is 5.68. The molecule has 2 heteroatoms. The fourth-order valence-corrected chi connectivity index (χ4v) is 1.22. The molecule has 1 aromatic rings. The normalized spacial score (nSPS) is 18.8. The first kappa shape index (κ1) is 7.42. The SMILES string of the molecule is C#CC1(c2nc(C)c(C)o2)CC1. The number of aryl methyl sites for hydroxylation is 2. The van der Waals surface area contributed by atoms with Gasteiger partial charge in [0, 0.05) is 0 Å². The Hall–Kier alpha value is -1.23. The van der Waals surface area contributed by atoms with Crippen molar-refractivity contribution in [3.63, 3.8) is 0 Å². The second-order valence-corrected chi connectivity index (χ2v) is 3.39. The van der Waals surface area contributed by atoms with Crippen LogP contribution >= 0.6 is 0 Å². The molecule has 1 aliphatic rings. The Morgan fingerprint density at radius 2 is 2.17 bits per heavy atom. The van der Waals surface area contributed by atoms with Crippen molar-refractivity contribution in [3.05, 3.63) is 17.3 Å². The topological polar surface area (TPSA) is 26.0 Å². The second kappa shape index (κ2) is 2.13. The highest BCUT2D eigenvalue weighted by Gasteiger charge is 2.47. The lowest BCUT2D eigenvalue weighted by atomic mass is 10.1. The smallest absolute Gasteiger partial charge is 0.212 e. The van der Waals surface area contributed by atoms with Crippen LogP contribution in [0.5, 0.6) is 0 Å². The average molecular weight is 161 g/mol. The quantitative estimate of drug-likeness (QED) is 0.588. The lowest BCUT2D eigenvalue weighted by molar-refractivity contribution is 0.451. The number of hydrogen-bond acceptors (Lipinski definition) is 2. The molecule has 1 fully saturated rings. The molecule has 0 saturated heterocycles. The third-order valence-corrected chi connectivity index (χ3v) is 2.46. The Labute approximate surface area is 72.0 Å². The highest BCUT2D eigenvalue weighted by molar-refractivity contribution is 5.32. The molecule has 0 unspecified atom stereocenters. The van der Waals surface area contributed by atoms with Gasteiger partial charge in [-0.25, -0.2) is 4.98 Å². The van der Waals surface area contributed by atoms with E-state index >= 15 is 0 Å². The van der Waals surface area contributed by atoms with Crippen LogP contribution in [0, 0.1) is 26.2 Å². The molecule has 2 rings (SSSR count). The van der Waals surface area contributed by atoms with E-state index in [1.165, 1.54) is 0 Å². The zero-order valence-electron chi connectivity index (χ0n) is 7.35. The van der Waals surface area contributed by atoms with Crippen molar-refractivity contribution in [3.8, 4) is 12.3 Å². The van der Waals surface area contributed by atoms with E-state index in [-0.39, 0.29) is 5.41 Å². The maximum atomic E-state index is 5.48. The van der Waals surface area contributed by atoms with Crippen molar-refractivity contribution in [1.29, 1.82) is 0 Å². The molecule has 0 amide bonds. The Kier molecular flexibility index (Phi) is 1.32. The predicted octanol–water partition coefficient (Wildman–Crippen LogP) is 1.96. The van der Waals surface area contributed by atoms with E-state index in [4.69, 9.17) is 10.8 Å². The molecule has 0 N–H and O–H groups in total. The lowest BCUT2D eigenvalue weighted by Gasteiger charge is -1.98. The zero-order valence-corrected chi connectivity index (χ0v) is 7.35. The molecule has 62 valence electrons. The van der Waals surface area contributed by atoms with Gasteiger partial charge in [-0.3, -0.25) is 0 Å². The maximum absolute atomic E-state index is 5.48. The highest BCUT2D eigenvalue weighted by atomic mass is 16.4. The van der Waals surface area contributed by atoms with E-state index in [1.54, 1.807) is 0 Å².